The predicted octanol–water partition coefficient (Wildman–Crippen LogP) is 2.10. The number of aliphatic imine (C=N–C) groups is 1. The lowest BCUT2D eigenvalue weighted by molar-refractivity contribution is 0.201. The van der Waals surface area contributed by atoms with Crippen molar-refractivity contribution in [1.29, 1.82) is 10.5 Å². The number of anilines is 1. The number of nitrogen functional groups attached to an aromatic ring is 1. The average Bonchev–Trinajstić information content (AvgIpc) is 3.22. The van der Waals surface area contributed by atoms with Crippen molar-refractivity contribution in [3.63, 3.8) is 0 Å². The molecule has 0 radical (unpaired) electrons. The van der Waals surface area contributed by atoms with Gasteiger partial charge in [0.25, 0.3) is 0 Å². The molecular formula is C20H18N8O2S2. The third-order valence-corrected chi connectivity index (χ3v) is 5.83. The van der Waals surface area contributed by atoms with E-state index in [1.165, 1.54) is 23.1 Å². The monoisotopic (exact) mass is 466 g/mol. The smallest absolute Gasteiger partial charge is 0.212 e. The first kappa shape index (κ1) is 22.8. The Hall–Kier alpha value is -3.84. The summed E-state index contributed by atoms with van der Waals surface area (Å²) in [6.45, 7) is 0.0591. The molecule has 0 atom stereocenters. The molecule has 2 heterocycles. The molecule has 0 aliphatic rings. The number of hydrogen-bond acceptors (Lipinski definition) is 10. The highest BCUT2D eigenvalue weighted by atomic mass is 32.2. The third-order valence-electron chi connectivity index (χ3n) is 4.04. The van der Waals surface area contributed by atoms with Gasteiger partial charge in [0.2, 0.25) is 5.13 Å². The van der Waals surface area contributed by atoms with Crippen LogP contribution in [-0.2, 0) is 5.75 Å². The van der Waals surface area contributed by atoms with Crippen LogP contribution < -0.4 is 21.9 Å². The minimum absolute atomic E-state index is 0.0316. The van der Waals surface area contributed by atoms with Crippen molar-refractivity contribution in [2.45, 2.75) is 10.8 Å². The largest absolute Gasteiger partial charge is 0.491 e. The van der Waals surface area contributed by atoms with E-state index in [4.69, 9.17) is 27.0 Å². The SMILES string of the molecule is N#Cc1c(N)nc(SCc2csc(N=C(N)N)n2)c(C#N)c1-c1ccc(OCCO)cc1. The number of ether oxygens (including phenoxy) is 1. The van der Waals surface area contributed by atoms with Crippen LogP contribution in [0, 0.1) is 22.7 Å². The molecule has 3 rings (SSSR count). The van der Waals surface area contributed by atoms with Crippen molar-refractivity contribution >= 4 is 40.0 Å². The maximum Gasteiger partial charge on any atom is 0.212 e. The van der Waals surface area contributed by atoms with E-state index in [1.54, 1.807) is 29.6 Å². The van der Waals surface area contributed by atoms with E-state index in [9.17, 15) is 10.5 Å². The molecule has 0 aliphatic carbocycles. The Morgan fingerprint density at radius 1 is 1.16 bits per heavy atom. The number of benzene rings is 1. The molecule has 0 aliphatic heterocycles. The molecular weight excluding hydrogens is 448 g/mol. The van der Waals surface area contributed by atoms with Gasteiger partial charge in [-0.25, -0.2) is 9.97 Å². The number of aliphatic hydroxyl groups is 1. The fraction of sp³-hybridized carbons (Fsp3) is 0.150. The van der Waals surface area contributed by atoms with Gasteiger partial charge in [0.1, 0.15) is 40.9 Å². The zero-order chi connectivity index (χ0) is 23.1. The molecule has 7 N–H and O–H groups in total. The summed E-state index contributed by atoms with van der Waals surface area (Å²) in [7, 11) is 0. The van der Waals surface area contributed by atoms with Gasteiger partial charge in [-0.05, 0) is 17.7 Å². The quantitative estimate of drug-likeness (QED) is 0.217. The molecule has 32 heavy (non-hydrogen) atoms. The van der Waals surface area contributed by atoms with Gasteiger partial charge in [0.05, 0.1) is 17.9 Å². The topological polar surface area (TPSA) is 193 Å². The molecule has 0 saturated carbocycles. The van der Waals surface area contributed by atoms with Crippen molar-refractivity contribution in [2.24, 2.45) is 16.5 Å². The molecule has 0 spiro atoms. The number of aromatic nitrogens is 2. The number of nitriles is 2. The van der Waals surface area contributed by atoms with E-state index in [0.717, 1.165) is 0 Å². The third kappa shape index (κ3) is 5.25. The Morgan fingerprint density at radius 3 is 2.50 bits per heavy atom. The lowest BCUT2D eigenvalue weighted by Crippen LogP contribution is -2.21. The van der Waals surface area contributed by atoms with E-state index in [-0.39, 0.29) is 36.1 Å². The molecule has 0 amide bonds. The average molecular weight is 467 g/mol. The number of thioether (sulfide) groups is 1. The summed E-state index contributed by atoms with van der Waals surface area (Å²) in [5.41, 5.74) is 18.9. The van der Waals surface area contributed by atoms with E-state index < -0.39 is 0 Å². The van der Waals surface area contributed by atoms with Gasteiger partial charge in [-0.15, -0.1) is 11.3 Å². The Bertz CT molecular complexity index is 1220. The van der Waals surface area contributed by atoms with E-state index in [0.29, 0.717) is 38.5 Å². The molecule has 1 aromatic carbocycles. The summed E-state index contributed by atoms with van der Waals surface area (Å²) in [6, 6.07) is 11.0. The number of hydrogen-bond donors (Lipinski definition) is 4. The van der Waals surface area contributed by atoms with E-state index in [2.05, 4.69) is 21.0 Å². The number of aliphatic hydroxyl groups excluding tert-OH is 1. The van der Waals surface area contributed by atoms with Crippen LogP contribution in [0.5, 0.6) is 5.75 Å². The summed E-state index contributed by atoms with van der Waals surface area (Å²) in [4.78, 5) is 12.5. The fourth-order valence-corrected chi connectivity index (χ4v) is 4.44. The molecule has 2 aromatic heterocycles. The second-order valence-electron chi connectivity index (χ2n) is 6.19. The van der Waals surface area contributed by atoms with Gasteiger partial charge in [-0.3, -0.25) is 0 Å². The lowest BCUT2D eigenvalue weighted by atomic mass is 9.97. The molecule has 0 bridgehead atoms. The van der Waals surface area contributed by atoms with Gasteiger partial charge >= 0.3 is 0 Å². The van der Waals surface area contributed by atoms with Crippen LogP contribution in [-0.4, -0.2) is 34.2 Å². The van der Waals surface area contributed by atoms with Gasteiger partial charge < -0.3 is 27.0 Å². The van der Waals surface area contributed by atoms with Gasteiger partial charge in [0, 0.05) is 16.7 Å². The van der Waals surface area contributed by atoms with Crippen molar-refractivity contribution < 1.29 is 9.84 Å². The second-order valence-corrected chi connectivity index (χ2v) is 7.99. The van der Waals surface area contributed by atoms with Crippen molar-refractivity contribution in [3.8, 4) is 29.0 Å². The Balaban J connectivity index is 1.96. The lowest BCUT2D eigenvalue weighted by Gasteiger charge is -2.13. The van der Waals surface area contributed by atoms with E-state index >= 15 is 0 Å². The van der Waals surface area contributed by atoms with Crippen LogP contribution in [0.15, 0.2) is 39.7 Å². The molecule has 0 fully saturated rings. The number of guanidine groups is 1. The van der Waals surface area contributed by atoms with Crippen LogP contribution in [0.1, 0.15) is 16.8 Å². The highest BCUT2D eigenvalue weighted by molar-refractivity contribution is 7.98. The molecule has 3 aromatic rings. The first-order chi connectivity index (χ1) is 15.5. The minimum Gasteiger partial charge on any atom is -0.491 e. The highest BCUT2D eigenvalue weighted by Crippen LogP contribution is 2.37. The standard InChI is InChI=1S/C20H18N8O2S2/c21-7-14-16(11-1-3-13(4-2-11)30-6-5-29)15(8-22)18(27-17(14)23)31-9-12-10-32-20(26-12)28-19(24)25/h1-4,10,29H,5-6,9H2,(H2,23,27)(H4,24,25,26,28). The molecule has 12 heteroatoms. The van der Waals surface area contributed by atoms with E-state index in [1.807, 2.05) is 6.07 Å². The fourth-order valence-electron chi connectivity index (χ4n) is 2.74. The van der Waals surface area contributed by atoms with Crippen LogP contribution in [0.3, 0.4) is 0 Å². The number of thiazole rings is 1. The Morgan fingerprint density at radius 2 is 1.88 bits per heavy atom. The second kappa shape index (κ2) is 10.5. The van der Waals surface area contributed by atoms with Gasteiger partial charge in [0.15, 0.2) is 5.96 Å². The summed E-state index contributed by atoms with van der Waals surface area (Å²) in [5, 5.41) is 31.0. The van der Waals surface area contributed by atoms with Crippen LogP contribution >= 0.6 is 23.1 Å². The van der Waals surface area contributed by atoms with Crippen molar-refractivity contribution in [1.82, 2.24) is 9.97 Å². The van der Waals surface area contributed by atoms with Crippen molar-refractivity contribution in [2.75, 3.05) is 18.9 Å². The first-order valence-electron chi connectivity index (χ1n) is 9.11. The number of rotatable bonds is 8. The van der Waals surface area contributed by atoms with Crippen LogP contribution in [0.25, 0.3) is 11.1 Å². The maximum absolute atomic E-state index is 9.88. The summed E-state index contributed by atoms with van der Waals surface area (Å²) >= 11 is 2.56. The number of pyridine rings is 1. The highest BCUT2D eigenvalue weighted by Gasteiger charge is 2.21. The maximum atomic E-state index is 9.88. The molecule has 162 valence electrons. The molecule has 0 saturated heterocycles. The number of nitrogens with two attached hydrogens (primary N) is 3. The Kier molecular flexibility index (Phi) is 7.46. The van der Waals surface area contributed by atoms with Gasteiger partial charge in [-0.1, -0.05) is 23.9 Å². The zero-order valence-corrected chi connectivity index (χ0v) is 18.3. The first-order valence-corrected chi connectivity index (χ1v) is 11.0. The zero-order valence-electron chi connectivity index (χ0n) is 16.6. The van der Waals surface area contributed by atoms with Crippen LogP contribution in [0.2, 0.25) is 0 Å². The molecule has 10 nitrogen and oxygen atoms in total. The number of nitrogens with zero attached hydrogens (tertiary/aromatic N) is 5. The van der Waals surface area contributed by atoms with Gasteiger partial charge in [-0.2, -0.15) is 15.5 Å². The summed E-state index contributed by atoms with van der Waals surface area (Å²) < 4.78 is 5.37. The van der Waals surface area contributed by atoms with Crippen LogP contribution in [0.4, 0.5) is 10.9 Å². The normalized spacial score (nSPS) is 10.2. The predicted molar refractivity (Wildman–Crippen MR) is 123 cm³/mol. The van der Waals surface area contributed by atoms with Crippen molar-refractivity contribution in [3.05, 3.63) is 46.5 Å². The summed E-state index contributed by atoms with van der Waals surface area (Å²) in [5.74, 6) is 0.904. The minimum atomic E-state index is -0.104. The Labute approximate surface area is 192 Å². The summed E-state index contributed by atoms with van der Waals surface area (Å²) in [6.07, 6.45) is 0. The molecule has 0 unspecified atom stereocenters.